The highest BCUT2D eigenvalue weighted by Crippen LogP contribution is 2.46. The fourth-order valence-corrected chi connectivity index (χ4v) is 5.49. The molecular weight excluding hydrogens is 500 g/mol. The molecule has 1 aliphatic heterocycles. The number of rotatable bonds is 4. The van der Waals surface area contributed by atoms with E-state index < -0.39 is 0 Å². The minimum atomic E-state index is -0.346. The van der Waals surface area contributed by atoms with E-state index in [9.17, 15) is 4.79 Å². The number of pyridine rings is 1. The molecule has 0 unspecified atom stereocenters. The molecule has 0 spiro atoms. The molecule has 180 valence electrons. The molecule has 5 rings (SSSR count). The standard InChI is InChI=1S/C26H25ClN4O2S2/c1-26(2,3)30(4)25(32)22-19-13-33-20-12-21(34-5)17(16-7-6-9-28-24(16)27)11-18(20)23(19)31(29-22)15-8-10-35-14-15/h6-12,14H,13H2,1-5H3. The predicted octanol–water partition coefficient (Wildman–Crippen LogP) is 6.80. The number of hydrogen-bond acceptors (Lipinski definition) is 6. The fraction of sp³-hybridized carbons (Fsp3) is 0.269. The molecule has 1 amide bonds. The third kappa shape index (κ3) is 4.13. The first-order chi connectivity index (χ1) is 16.7. The number of carbonyl (C=O) groups excluding carboxylic acids is 1. The van der Waals surface area contributed by atoms with Crippen LogP contribution < -0.4 is 4.74 Å². The van der Waals surface area contributed by atoms with Crippen LogP contribution in [0, 0.1) is 0 Å². The van der Waals surface area contributed by atoms with Gasteiger partial charge in [-0.25, -0.2) is 9.67 Å². The Morgan fingerprint density at radius 1 is 1.23 bits per heavy atom. The number of amides is 1. The minimum Gasteiger partial charge on any atom is -0.488 e. The normalized spacial score (nSPS) is 12.6. The second kappa shape index (κ2) is 9.00. The number of ether oxygens (including phenoxy) is 1. The summed E-state index contributed by atoms with van der Waals surface area (Å²) < 4.78 is 8.08. The molecule has 1 aromatic carbocycles. The highest BCUT2D eigenvalue weighted by molar-refractivity contribution is 7.98. The smallest absolute Gasteiger partial charge is 0.274 e. The Balaban J connectivity index is 1.77. The molecule has 1 aliphatic rings. The zero-order valence-electron chi connectivity index (χ0n) is 20.1. The van der Waals surface area contributed by atoms with E-state index in [1.807, 2.05) is 73.8 Å². The van der Waals surface area contributed by atoms with Gasteiger partial charge in [0.1, 0.15) is 17.5 Å². The minimum absolute atomic E-state index is 0.133. The van der Waals surface area contributed by atoms with Crippen molar-refractivity contribution < 1.29 is 9.53 Å². The van der Waals surface area contributed by atoms with Crippen molar-refractivity contribution in [1.29, 1.82) is 0 Å². The summed E-state index contributed by atoms with van der Waals surface area (Å²) in [6.07, 6.45) is 3.71. The molecule has 0 saturated carbocycles. The third-order valence-corrected chi connectivity index (χ3v) is 7.98. The van der Waals surface area contributed by atoms with Crippen molar-refractivity contribution in [2.24, 2.45) is 0 Å². The number of thioether (sulfide) groups is 1. The van der Waals surface area contributed by atoms with Gasteiger partial charge in [-0.15, -0.1) is 11.8 Å². The SMILES string of the molecule is CSc1cc2c(cc1-c1cccnc1Cl)-c1c(c(C(=O)N(C)C(C)(C)C)nn1-c1ccsc1)CO2. The monoisotopic (exact) mass is 524 g/mol. The largest absolute Gasteiger partial charge is 0.488 e. The lowest BCUT2D eigenvalue weighted by atomic mass is 9.97. The molecule has 3 aromatic heterocycles. The van der Waals surface area contributed by atoms with Gasteiger partial charge in [0.25, 0.3) is 5.91 Å². The van der Waals surface area contributed by atoms with Crippen LogP contribution in [-0.2, 0) is 6.61 Å². The van der Waals surface area contributed by atoms with Crippen LogP contribution >= 0.6 is 34.7 Å². The summed E-state index contributed by atoms with van der Waals surface area (Å²) in [4.78, 5) is 20.6. The first-order valence-electron chi connectivity index (χ1n) is 11.1. The van der Waals surface area contributed by atoms with Crippen LogP contribution in [0.15, 0.2) is 52.2 Å². The Hall–Kier alpha value is -2.81. The summed E-state index contributed by atoms with van der Waals surface area (Å²) in [7, 11) is 1.81. The lowest BCUT2D eigenvalue weighted by molar-refractivity contribution is 0.0646. The van der Waals surface area contributed by atoms with Gasteiger partial charge in [-0.2, -0.15) is 16.4 Å². The second-order valence-electron chi connectivity index (χ2n) is 9.28. The fourth-order valence-electron chi connectivity index (χ4n) is 4.05. The Kier molecular flexibility index (Phi) is 6.15. The summed E-state index contributed by atoms with van der Waals surface area (Å²) in [6, 6.07) is 9.96. The number of benzene rings is 1. The Labute approximate surface area is 217 Å². The van der Waals surface area contributed by atoms with E-state index in [0.717, 1.165) is 44.3 Å². The molecule has 4 heterocycles. The quantitative estimate of drug-likeness (QED) is 0.217. The van der Waals surface area contributed by atoms with Crippen LogP contribution in [0.4, 0.5) is 0 Å². The molecule has 0 aliphatic carbocycles. The van der Waals surface area contributed by atoms with E-state index in [0.29, 0.717) is 10.8 Å². The number of thiophene rings is 1. The van der Waals surface area contributed by atoms with Gasteiger partial charge >= 0.3 is 0 Å². The van der Waals surface area contributed by atoms with E-state index in [1.165, 1.54) is 0 Å². The summed E-state index contributed by atoms with van der Waals surface area (Å²) >= 11 is 9.70. The van der Waals surface area contributed by atoms with E-state index >= 15 is 0 Å². The van der Waals surface area contributed by atoms with E-state index in [1.54, 1.807) is 34.2 Å². The van der Waals surface area contributed by atoms with Gasteiger partial charge in [-0.3, -0.25) is 4.79 Å². The van der Waals surface area contributed by atoms with E-state index in [2.05, 4.69) is 11.1 Å². The Bertz CT molecular complexity index is 1420. The van der Waals surface area contributed by atoms with Gasteiger partial charge in [0.15, 0.2) is 5.69 Å². The number of aromatic nitrogens is 3. The number of halogens is 1. The van der Waals surface area contributed by atoms with Crippen molar-refractivity contribution in [3.8, 4) is 33.8 Å². The Morgan fingerprint density at radius 2 is 2.03 bits per heavy atom. The first-order valence-corrected chi connectivity index (χ1v) is 13.6. The first kappa shape index (κ1) is 23.9. The molecule has 0 radical (unpaired) electrons. The van der Waals surface area contributed by atoms with Gasteiger partial charge in [-0.05, 0) is 68.3 Å². The summed E-state index contributed by atoms with van der Waals surface area (Å²) in [5.41, 5.74) is 5.29. The van der Waals surface area contributed by atoms with Gasteiger partial charge in [0, 0.05) is 45.7 Å². The maximum absolute atomic E-state index is 13.6. The number of hydrogen-bond donors (Lipinski definition) is 0. The van der Waals surface area contributed by atoms with Crippen molar-refractivity contribution >= 4 is 40.6 Å². The molecule has 0 fully saturated rings. The average molecular weight is 525 g/mol. The van der Waals surface area contributed by atoms with Crippen molar-refractivity contribution in [3.63, 3.8) is 0 Å². The molecule has 0 bridgehead atoms. The molecule has 0 N–H and O–H groups in total. The van der Waals surface area contributed by atoms with Gasteiger partial charge < -0.3 is 9.64 Å². The van der Waals surface area contributed by atoms with Gasteiger partial charge in [0.05, 0.1) is 11.4 Å². The zero-order valence-corrected chi connectivity index (χ0v) is 22.5. The van der Waals surface area contributed by atoms with E-state index in [4.69, 9.17) is 21.4 Å². The van der Waals surface area contributed by atoms with Crippen LogP contribution in [0.1, 0.15) is 36.8 Å². The molecule has 9 heteroatoms. The maximum atomic E-state index is 13.6. The summed E-state index contributed by atoms with van der Waals surface area (Å²) in [6.45, 7) is 6.29. The molecular formula is C26H25ClN4O2S2. The number of fused-ring (bicyclic) bond motifs is 3. The summed E-state index contributed by atoms with van der Waals surface area (Å²) in [5.74, 6) is 0.621. The highest BCUT2D eigenvalue weighted by atomic mass is 35.5. The zero-order chi connectivity index (χ0) is 24.9. The molecule has 0 atom stereocenters. The summed E-state index contributed by atoms with van der Waals surface area (Å²) in [5, 5.41) is 9.31. The lowest BCUT2D eigenvalue weighted by Crippen LogP contribution is -2.43. The lowest BCUT2D eigenvalue weighted by Gasteiger charge is -2.31. The topological polar surface area (TPSA) is 60.2 Å². The van der Waals surface area contributed by atoms with Gasteiger partial charge in [-0.1, -0.05) is 11.6 Å². The molecule has 0 saturated heterocycles. The molecule has 4 aromatic rings. The highest BCUT2D eigenvalue weighted by Gasteiger charge is 2.34. The van der Waals surface area contributed by atoms with Crippen LogP contribution in [0.2, 0.25) is 5.15 Å². The number of nitrogens with zero attached hydrogens (tertiary/aromatic N) is 4. The van der Waals surface area contributed by atoms with Crippen molar-refractivity contribution in [1.82, 2.24) is 19.7 Å². The maximum Gasteiger partial charge on any atom is 0.274 e. The van der Waals surface area contributed by atoms with Crippen molar-refractivity contribution in [3.05, 3.63) is 63.7 Å². The molecule has 35 heavy (non-hydrogen) atoms. The predicted molar refractivity (Wildman–Crippen MR) is 143 cm³/mol. The van der Waals surface area contributed by atoms with Gasteiger partial charge in [0.2, 0.25) is 0 Å². The average Bonchev–Trinajstić information content (AvgIpc) is 3.50. The van der Waals surface area contributed by atoms with Crippen molar-refractivity contribution in [2.75, 3.05) is 13.3 Å². The third-order valence-electron chi connectivity index (χ3n) is 6.23. The second-order valence-corrected chi connectivity index (χ2v) is 11.3. The van der Waals surface area contributed by atoms with Crippen LogP contribution in [0.3, 0.4) is 0 Å². The Morgan fingerprint density at radius 3 is 2.69 bits per heavy atom. The molecule has 6 nitrogen and oxygen atoms in total. The van der Waals surface area contributed by atoms with Crippen LogP contribution in [0.5, 0.6) is 5.75 Å². The van der Waals surface area contributed by atoms with Crippen LogP contribution in [-0.4, -0.2) is 44.4 Å². The van der Waals surface area contributed by atoms with Crippen molar-refractivity contribution in [2.45, 2.75) is 37.8 Å². The number of carbonyl (C=O) groups is 1. The van der Waals surface area contributed by atoms with E-state index in [-0.39, 0.29) is 18.1 Å². The van der Waals surface area contributed by atoms with Crippen LogP contribution in [0.25, 0.3) is 28.1 Å².